The molecule has 8 heteroatoms. The lowest BCUT2D eigenvalue weighted by atomic mass is 10.1. The number of nitriles is 1. The molecule has 0 atom stereocenters. The number of carbonyl (C=O) groups excluding carboxylic acids is 1. The van der Waals surface area contributed by atoms with Crippen molar-refractivity contribution in [2.24, 2.45) is 0 Å². The molecule has 0 fully saturated rings. The molecule has 6 nitrogen and oxygen atoms in total. The van der Waals surface area contributed by atoms with E-state index < -0.39 is 0 Å². The van der Waals surface area contributed by atoms with Crippen LogP contribution >= 0.6 is 11.3 Å². The number of rotatable bonds is 7. The number of benzene rings is 1. The summed E-state index contributed by atoms with van der Waals surface area (Å²) in [7, 11) is 0. The lowest BCUT2D eigenvalue weighted by Crippen LogP contribution is -2.24. The van der Waals surface area contributed by atoms with E-state index in [9.17, 15) is 14.4 Å². The number of carbonyl (C=O) groups is 1. The van der Waals surface area contributed by atoms with Gasteiger partial charge in [-0.1, -0.05) is 6.92 Å². The van der Waals surface area contributed by atoms with Crippen molar-refractivity contribution in [3.63, 3.8) is 0 Å². The van der Waals surface area contributed by atoms with E-state index in [1.54, 1.807) is 12.1 Å². The first-order valence-electron chi connectivity index (χ1n) is 9.35. The van der Waals surface area contributed by atoms with E-state index in [0.29, 0.717) is 41.2 Å². The summed E-state index contributed by atoms with van der Waals surface area (Å²) < 4.78 is 14.6. The van der Waals surface area contributed by atoms with Crippen LogP contribution in [0.15, 0.2) is 30.3 Å². The number of nitrogen functional groups attached to an aromatic ring is 1. The smallest absolute Gasteiger partial charge is 0.261 e. The van der Waals surface area contributed by atoms with Gasteiger partial charge in [0.25, 0.3) is 5.91 Å². The Morgan fingerprint density at radius 2 is 2.10 bits per heavy atom. The van der Waals surface area contributed by atoms with Gasteiger partial charge in [0, 0.05) is 11.4 Å². The van der Waals surface area contributed by atoms with Crippen molar-refractivity contribution in [2.75, 3.05) is 12.3 Å². The predicted molar refractivity (Wildman–Crippen MR) is 112 cm³/mol. The molecular formula is C21H22FN5OS. The average molecular weight is 412 g/mol. The van der Waals surface area contributed by atoms with E-state index in [-0.39, 0.29) is 17.5 Å². The second-order valence-corrected chi connectivity index (χ2v) is 7.77. The topological polar surface area (TPSA) is 96.7 Å². The molecule has 0 saturated heterocycles. The van der Waals surface area contributed by atoms with E-state index in [1.807, 2.05) is 13.0 Å². The molecule has 29 heavy (non-hydrogen) atoms. The Hall–Kier alpha value is -3.18. The maximum atomic E-state index is 13.1. The highest BCUT2D eigenvalue weighted by Gasteiger charge is 2.17. The lowest BCUT2D eigenvalue weighted by molar-refractivity contribution is 0.0957. The maximum absolute atomic E-state index is 13.1. The van der Waals surface area contributed by atoms with E-state index in [0.717, 1.165) is 12.0 Å². The number of thiophene rings is 1. The normalized spacial score (nSPS) is 10.7. The Morgan fingerprint density at radius 3 is 2.72 bits per heavy atom. The molecule has 0 saturated carbocycles. The first-order chi connectivity index (χ1) is 13.9. The van der Waals surface area contributed by atoms with Crippen molar-refractivity contribution >= 4 is 23.1 Å². The van der Waals surface area contributed by atoms with Gasteiger partial charge < -0.3 is 11.1 Å². The fourth-order valence-electron chi connectivity index (χ4n) is 3.08. The Balaban J connectivity index is 1.63. The monoisotopic (exact) mass is 411 g/mol. The fraction of sp³-hybridized carbons (Fsp3) is 0.286. The lowest BCUT2D eigenvalue weighted by Gasteiger charge is -2.03. The van der Waals surface area contributed by atoms with Crippen LogP contribution < -0.4 is 11.1 Å². The van der Waals surface area contributed by atoms with Crippen molar-refractivity contribution in [3.8, 4) is 11.8 Å². The standard InChI is InChI=1S/C21H22FN5OS/c1-3-18-13(2)11-19(29-18)21(28)25-10-4-5-17-16(12-23)20(24)27(26-17)15-8-6-14(22)7-9-15/h6-9,11H,3-5,10,24H2,1-2H3,(H,25,28). The number of amides is 1. The molecule has 1 aromatic carbocycles. The van der Waals surface area contributed by atoms with E-state index in [1.165, 1.54) is 33.0 Å². The number of hydrogen-bond acceptors (Lipinski definition) is 5. The molecule has 3 aromatic rings. The molecule has 0 aliphatic heterocycles. The van der Waals surface area contributed by atoms with Crippen LogP contribution in [-0.4, -0.2) is 22.2 Å². The summed E-state index contributed by atoms with van der Waals surface area (Å²) in [5.41, 5.74) is 8.65. The molecular weight excluding hydrogens is 389 g/mol. The Bertz CT molecular complexity index is 1060. The van der Waals surface area contributed by atoms with Crippen LogP contribution in [0.4, 0.5) is 10.2 Å². The molecule has 3 N–H and O–H groups in total. The van der Waals surface area contributed by atoms with Gasteiger partial charge in [-0.15, -0.1) is 11.3 Å². The molecule has 0 unspecified atom stereocenters. The minimum atomic E-state index is -0.358. The first kappa shape index (κ1) is 20.6. The summed E-state index contributed by atoms with van der Waals surface area (Å²) in [5, 5.41) is 16.8. The largest absolute Gasteiger partial charge is 0.382 e. The number of nitrogens with two attached hydrogens (primary N) is 1. The highest BCUT2D eigenvalue weighted by atomic mass is 32.1. The average Bonchev–Trinajstić information content (AvgIpc) is 3.25. The van der Waals surface area contributed by atoms with Crippen LogP contribution in [0.3, 0.4) is 0 Å². The zero-order valence-corrected chi connectivity index (χ0v) is 17.1. The summed E-state index contributed by atoms with van der Waals surface area (Å²) >= 11 is 1.52. The number of halogens is 1. The third-order valence-electron chi connectivity index (χ3n) is 4.62. The third-order valence-corrected chi connectivity index (χ3v) is 6.00. The van der Waals surface area contributed by atoms with Crippen molar-refractivity contribution in [1.82, 2.24) is 15.1 Å². The van der Waals surface area contributed by atoms with Crippen LogP contribution in [0.2, 0.25) is 0 Å². The Kier molecular flexibility index (Phi) is 6.29. The number of anilines is 1. The zero-order chi connectivity index (χ0) is 21.0. The molecule has 1 amide bonds. The Labute approximate surface area is 172 Å². The number of aryl methyl sites for hydroxylation is 3. The van der Waals surface area contributed by atoms with Crippen LogP contribution in [0.5, 0.6) is 0 Å². The van der Waals surface area contributed by atoms with Crippen LogP contribution in [0, 0.1) is 24.1 Å². The van der Waals surface area contributed by atoms with E-state index in [2.05, 4.69) is 23.4 Å². The maximum Gasteiger partial charge on any atom is 0.261 e. The zero-order valence-electron chi connectivity index (χ0n) is 16.3. The van der Waals surface area contributed by atoms with Gasteiger partial charge in [-0.3, -0.25) is 4.79 Å². The van der Waals surface area contributed by atoms with Gasteiger partial charge in [-0.2, -0.15) is 10.4 Å². The van der Waals surface area contributed by atoms with Gasteiger partial charge in [0.15, 0.2) is 0 Å². The van der Waals surface area contributed by atoms with Crippen molar-refractivity contribution in [1.29, 1.82) is 5.26 Å². The van der Waals surface area contributed by atoms with E-state index in [4.69, 9.17) is 5.73 Å². The molecule has 0 spiro atoms. The molecule has 0 aliphatic rings. The number of aromatic nitrogens is 2. The second-order valence-electron chi connectivity index (χ2n) is 6.64. The molecule has 0 radical (unpaired) electrons. The minimum Gasteiger partial charge on any atom is -0.382 e. The molecule has 150 valence electrons. The quantitative estimate of drug-likeness (QED) is 0.579. The van der Waals surface area contributed by atoms with E-state index >= 15 is 0 Å². The van der Waals surface area contributed by atoms with Crippen LogP contribution in [0.1, 0.15) is 44.7 Å². The first-order valence-corrected chi connectivity index (χ1v) is 10.2. The number of hydrogen-bond donors (Lipinski definition) is 2. The summed E-state index contributed by atoms with van der Waals surface area (Å²) in [6.07, 6.45) is 2.02. The Morgan fingerprint density at radius 1 is 1.38 bits per heavy atom. The van der Waals surface area contributed by atoms with Gasteiger partial charge in [0.2, 0.25) is 0 Å². The van der Waals surface area contributed by atoms with Gasteiger partial charge in [0.1, 0.15) is 23.3 Å². The van der Waals surface area contributed by atoms with Crippen molar-refractivity contribution in [3.05, 3.63) is 62.7 Å². The summed E-state index contributed by atoms with van der Waals surface area (Å²) in [5.74, 6) is -0.225. The van der Waals surface area contributed by atoms with Crippen LogP contribution in [-0.2, 0) is 12.8 Å². The van der Waals surface area contributed by atoms with Gasteiger partial charge in [-0.05, 0) is 62.1 Å². The predicted octanol–water partition coefficient (Wildman–Crippen LogP) is 3.76. The molecule has 2 heterocycles. The van der Waals surface area contributed by atoms with Crippen molar-refractivity contribution < 1.29 is 9.18 Å². The molecule has 2 aromatic heterocycles. The third kappa shape index (κ3) is 4.46. The molecule has 0 bridgehead atoms. The van der Waals surface area contributed by atoms with Crippen molar-refractivity contribution in [2.45, 2.75) is 33.1 Å². The van der Waals surface area contributed by atoms with Crippen LogP contribution in [0.25, 0.3) is 5.69 Å². The highest BCUT2D eigenvalue weighted by molar-refractivity contribution is 7.14. The van der Waals surface area contributed by atoms with Gasteiger partial charge in [0.05, 0.1) is 16.3 Å². The number of nitrogens with one attached hydrogen (secondary N) is 1. The summed E-state index contributed by atoms with van der Waals surface area (Å²) in [6, 6.07) is 9.74. The molecule has 0 aliphatic carbocycles. The SMILES string of the molecule is CCc1sc(C(=O)NCCCc2nn(-c3ccc(F)cc3)c(N)c2C#N)cc1C. The number of nitrogens with zero attached hydrogens (tertiary/aromatic N) is 3. The summed E-state index contributed by atoms with van der Waals surface area (Å²) in [4.78, 5) is 14.2. The fourth-order valence-corrected chi connectivity index (χ4v) is 4.11. The summed E-state index contributed by atoms with van der Waals surface area (Å²) in [6.45, 7) is 4.55. The van der Waals surface area contributed by atoms with Gasteiger partial charge in [-0.25, -0.2) is 9.07 Å². The molecule has 3 rings (SSSR count). The minimum absolute atomic E-state index is 0.0883. The highest BCUT2D eigenvalue weighted by Crippen LogP contribution is 2.23. The second kappa shape index (κ2) is 8.88. The van der Waals surface area contributed by atoms with Gasteiger partial charge >= 0.3 is 0 Å².